The van der Waals surface area contributed by atoms with E-state index in [-0.39, 0.29) is 0 Å². The van der Waals surface area contributed by atoms with Crippen LogP contribution in [0.15, 0.2) is 18.2 Å². The Hall–Kier alpha value is -0.800. The lowest BCUT2D eigenvalue weighted by Crippen LogP contribution is -2.26. The normalized spacial score (nSPS) is 15.2. The van der Waals surface area contributed by atoms with E-state index in [1.165, 1.54) is 12.8 Å². The Kier molecular flexibility index (Phi) is 3.66. The number of hydrogen-bond donors (Lipinski definition) is 0. The first-order valence-corrected chi connectivity index (χ1v) is 6.14. The third-order valence-electron chi connectivity index (χ3n) is 2.79. The third kappa shape index (κ3) is 2.30. The maximum atomic E-state index is 6.08. The summed E-state index contributed by atoms with van der Waals surface area (Å²) < 4.78 is 5.12. The molecule has 1 aliphatic rings. The van der Waals surface area contributed by atoms with Gasteiger partial charge in [0.05, 0.1) is 12.1 Å². The minimum Gasteiger partial charge on any atom is -0.495 e. The van der Waals surface area contributed by atoms with E-state index in [4.69, 9.17) is 28.6 Å². The average molecular weight is 256 g/mol. The average Bonchev–Trinajstić information content (AvgIpc) is 2.81. The molecule has 0 N–H and O–H groups in total. The minimum absolute atomic E-state index is 0.613. The number of methoxy groups -OCH3 is 1. The van der Waals surface area contributed by atoms with E-state index in [9.17, 15) is 0 Å². The van der Waals surface area contributed by atoms with Crippen molar-refractivity contribution in [2.24, 2.45) is 0 Å². The quantitative estimate of drug-likeness (QED) is 0.754. The SMILES string of the molecule is COc1ccc(C(=S)N2CCCC2)cc1Cl. The summed E-state index contributed by atoms with van der Waals surface area (Å²) in [6.45, 7) is 2.12. The fourth-order valence-electron chi connectivity index (χ4n) is 1.90. The Morgan fingerprint density at radius 3 is 2.62 bits per heavy atom. The highest BCUT2D eigenvalue weighted by atomic mass is 35.5. The first-order valence-electron chi connectivity index (χ1n) is 5.35. The number of halogens is 1. The first kappa shape index (κ1) is 11.7. The van der Waals surface area contributed by atoms with Gasteiger partial charge in [-0.05, 0) is 31.0 Å². The molecule has 2 rings (SSSR count). The Morgan fingerprint density at radius 2 is 2.06 bits per heavy atom. The summed E-state index contributed by atoms with van der Waals surface area (Å²) in [6.07, 6.45) is 2.45. The number of likely N-dealkylation sites (tertiary alicyclic amines) is 1. The van der Waals surface area contributed by atoms with Gasteiger partial charge in [0.1, 0.15) is 10.7 Å². The van der Waals surface area contributed by atoms with Crippen LogP contribution >= 0.6 is 23.8 Å². The Labute approximate surface area is 106 Å². The molecule has 0 bridgehead atoms. The predicted octanol–water partition coefficient (Wildman–Crippen LogP) is 3.12. The summed E-state index contributed by atoms with van der Waals surface area (Å²) >= 11 is 11.5. The predicted molar refractivity (Wildman–Crippen MR) is 70.5 cm³/mol. The van der Waals surface area contributed by atoms with Crippen molar-refractivity contribution in [2.75, 3.05) is 20.2 Å². The van der Waals surface area contributed by atoms with Crippen molar-refractivity contribution in [3.05, 3.63) is 28.8 Å². The molecule has 1 aliphatic heterocycles. The summed E-state index contributed by atoms with van der Waals surface area (Å²) in [4.78, 5) is 3.12. The van der Waals surface area contributed by atoms with Gasteiger partial charge in [-0.2, -0.15) is 0 Å². The fourth-order valence-corrected chi connectivity index (χ4v) is 2.47. The molecule has 1 fully saturated rings. The van der Waals surface area contributed by atoms with E-state index in [1.54, 1.807) is 7.11 Å². The van der Waals surface area contributed by atoms with Crippen LogP contribution in [0.25, 0.3) is 0 Å². The van der Waals surface area contributed by atoms with Gasteiger partial charge in [0.2, 0.25) is 0 Å². The monoisotopic (exact) mass is 255 g/mol. The number of nitrogens with zero attached hydrogens (tertiary/aromatic N) is 1. The standard InChI is InChI=1S/C12H14ClNOS/c1-15-11-5-4-9(8-10(11)13)12(16)14-6-2-3-7-14/h4-5,8H,2-3,6-7H2,1H3. The molecule has 86 valence electrons. The molecule has 1 heterocycles. The molecular formula is C12H14ClNOS. The van der Waals surface area contributed by atoms with E-state index >= 15 is 0 Å². The molecule has 2 nitrogen and oxygen atoms in total. The smallest absolute Gasteiger partial charge is 0.137 e. The van der Waals surface area contributed by atoms with Crippen molar-refractivity contribution < 1.29 is 4.74 Å². The van der Waals surface area contributed by atoms with Crippen molar-refractivity contribution in [1.82, 2.24) is 4.90 Å². The Morgan fingerprint density at radius 1 is 1.38 bits per heavy atom. The van der Waals surface area contributed by atoms with Crippen LogP contribution in [0.2, 0.25) is 5.02 Å². The zero-order chi connectivity index (χ0) is 11.5. The summed E-state index contributed by atoms with van der Waals surface area (Å²) in [5.41, 5.74) is 1.00. The van der Waals surface area contributed by atoms with Gasteiger partial charge in [-0.1, -0.05) is 23.8 Å². The fraction of sp³-hybridized carbons (Fsp3) is 0.417. The van der Waals surface area contributed by atoms with Crippen LogP contribution in [0.4, 0.5) is 0 Å². The molecule has 0 unspecified atom stereocenters. The van der Waals surface area contributed by atoms with Gasteiger partial charge in [-0.25, -0.2) is 0 Å². The van der Waals surface area contributed by atoms with E-state index < -0.39 is 0 Å². The largest absolute Gasteiger partial charge is 0.495 e. The van der Waals surface area contributed by atoms with Crippen molar-refractivity contribution in [1.29, 1.82) is 0 Å². The number of thiocarbonyl (C=S) groups is 1. The summed E-state index contributed by atoms with van der Waals surface area (Å²) in [7, 11) is 1.61. The van der Waals surface area contributed by atoms with Crippen LogP contribution in [-0.2, 0) is 0 Å². The second kappa shape index (κ2) is 5.02. The summed E-state index contributed by atoms with van der Waals surface area (Å²) in [5, 5.41) is 0.613. The van der Waals surface area contributed by atoms with E-state index in [0.29, 0.717) is 10.8 Å². The maximum Gasteiger partial charge on any atom is 0.137 e. The molecule has 0 spiro atoms. The molecule has 0 atom stereocenters. The summed E-state index contributed by atoms with van der Waals surface area (Å²) in [6, 6.07) is 5.70. The first-order chi connectivity index (χ1) is 7.72. The van der Waals surface area contributed by atoms with Gasteiger partial charge in [-0.15, -0.1) is 0 Å². The van der Waals surface area contributed by atoms with Gasteiger partial charge in [0.25, 0.3) is 0 Å². The Bertz CT molecular complexity index is 402. The van der Waals surface area contributed by atoms with Gasteiger partial charge in [0.15, 0.2) is 0 Å². The molecule has 0 radical (unpaired) electrons. The van der Waals surface area contributed by atoms with Crippen LogP contribution in [-0.4, -0.2) is 30.1 Å². The second-order valence-corrected chi connectivity index (χ2v) is 4.64. The highest BCUT2D eigenvalue weighted by molar-refractivity contribution is 7.80. The summed E-state index contributed by atoms with van der Waals surface area (Å²) in [5.74, 6) is 0.689. The number of ether oxygens (including phenoxy) is 1. The lowest BCUT2D eigenvalue weighted by Gasteiger charge is -2.19. The molecule has 1 saturated heterocycles. The topological polar surface area (TPSA) is 12.5 Å². The van der Waals surface area contributed by atoms with Crippen molar-refractivity contribution in [3.63, 3.8) is 0 Å². The number of benzene rings is 1. The van der Waals surface area contributed by atoms with E-state index in [0.717, 1.165) is 23.6 Å². The van der Waals surface area contributed by atoms with E-state index in [1.807, 2.05) is 18.2 Å². The lowest BCUT2D eigenvalue weighted by atomic mass is 10.2. The lowest BCUT2D eigenvalue weighted by molar-refractivity contribution is 0.415. The molecule has 16 heavy (non-hydrogen) atoms. The molecular weight excluding hydrogens is 242 g/mol. The van der Waals surface area contributed by atoms with Crippen LogP contribution in [0.3, 0.4) is 0 Å². The van der Waals surface area contributed by atoms with Crippen molar-refractivity contribution in [2.45, 2.75) is 12.8 Å². The molecule has 0 amide bonds. The molecule has 0 aliphatic carbocycles. The minimum atomic E-state index is 0.613. The molecule has 1 aromatic carbocycles. The van der Waals surface area contributed by atoms with E-state index in [2.05, 4.69) is 4.90 Å². The van der Waals surface area contributed by atoms with Crippen molar-refractivity contribution >= 4 is 28.8 Å². The van der Waals surface area contributed by atoms with Crippen molar-refractivity contribution in [3.8, 4) is 5.75 Å². The molecule has 4 heteroatoms. The van der Waals surface area contributed by atoms with Gasteiger partial charge in [0, 0.05) is 18.7 Å². The van der Waals surface area contributed by atoms with Gasteiger partial charge < -0.3 is 9.64 Å². The molecule has 1 aromatic rings. The highest BCUT2D eigenvalue weighted by Crippen LogP contribution is 2.26. The molecule has 0 saturated carbocycles. The van der Waals surface area contributed by atoms with Crippen LogP contribution in [0.5, 0.6) is 5.75 Å². The number of rotatable bonds is 2. The van der Waals surface area contributed by atoms with Crippen LogP contribution in [0.1, 0.15) is 18.4 Å². The number of hydrogen-bond acceptors (Lipinski definition) is 2. The maximum absolute atomic E-state index is 6.08. The Balaban J connectivity index is 2.20. The highest BCUT2D eigenvalue weighted by Gasteiger charge is 2.16. The van der Waals surface area contributed by atoms with Gasteiger partial charge >= 0.3 is 0 Å². The zero-order valence-electron chi connectivity index (χ0n) is 9.20. The van der Waals surface area contributed by atoms with Gasteiger partial charge in [-0.3, -0.25) is 0 Å². The third-order valence-corrected chi connectivity index (χ3v) is 3.58. The van der Waals surface area contributed by atoms with Crippen LogP contribution < -0.4 is 4.74 Å². The van der Waals surface area contributed by atoms with Crippen LogP contribution in [0, 0.1) is 0 Å². The molecule has 0 aromatic heterocycles. The zero-order valence-corrected chi connectivity index (χ0v) is 10.8. The second-order valence-electron chi connectivity index (χ2n) is 3.85.